The highest BCUT2D eigenvalue weighted by molar-refractivity contribution is 5.69. The molecule has 1 aliphatic rings. The SMILES string of the molecule is Cc1nn(CCn2cncc2-c2ccc3c(c2)CC(C)N3C)c(C)c1C. The first-order chi connectivity index (χ1) is 12.5. The van der Waals surface area contributed by atoms with Crippen LogP contribution in [0.4, 0.5) is 5.69 Å². The summed E-state index contributed by atoms with van der Waals surface area (Å²) in [5.41, 5.74) is 8.85. The van der Waals surface area contributed by atoms with E-state index in [4.69, 9.17) is 0 Å². The Morgan fingerprint density at radius 3 is 2.69 bits per heavy atom. The van der Waals surface area contributed by atoms with Crippen LogP contribution in [0.25, 0.3) is 11.3 Å². The van der Waals surface area contributed by atoms with Gasteiger partial charge in [-0.1, -0.05) is 6.07 Å². The number of fused-ring (bicyclic) bond motifs is 1. The summed E-state index contributed by atoms with van der Waals surface area (Å²) in [7, 11) is 2.18. The first-order valence-electron chi connectivity index (χ1n) is 9.32. The van der Waals surface area contributed by atoms with Crippen molar-refractivity contribution in [3.63, 3.8) is 0 Å². The highest BCUT2D eigenvalue weighted by atomic mass is 15.3. The number of anilines is 1. The summed E-state index contributed by atoms with van der Waals surface area (Å²) in [5.74, 6) is 0. The molecule has 3 heterocycles. The van der Waals surface area contributed by atoms with E-state index in [2.05, 4.69) is 77.2 Å². The van der Waals surface area contributed by atoms with Crippen LogP contribution in [0.2, 0.25) is 0 Å². The fraction of sp³-hybridized carbons (Fsp3) is 0.429. The summed E-state index contributed by atoms with van der Waals surface area (Å²) >= 11 is 0. The van der Waals surface area contributed by atoms with Crippen LogP contribution < -0.4 is 4.90 Å². The Morgan fingerprint density at radius 1 is 1.15 bits per heavy atom. The molecule has 0 radical (unpaired) electrons. The van der Waals surface area contributed by atoms with Gasteiger partial charge in [0.15, 0.2) is 0 Å². The van der Waals surface area contributed by atoms with Gasteiger partial charge in [0.2, 0.25) is 0 Å². The molecule has 5 heteroatoms. The van der Waals surface area contributed by atoms with Crippen LogP contribution in [-0.2, 0) is 19.5 Å². The van der Waals surface area contributed by atoms with Gasteiger partial charge in [0.1, 0.15) is 0 Å². The molecule has 0 bridgehead atoms. The lowest BCUT2D eigenvalue weighted by Gasteiger charge is -2.18. The molecule has 0 spiro atoms. The van der Waals surface area contributed by atoms with Crippen molar-refractivity contribution < 1.29 is 0 Å². The van der Waals surface area contributed by atoms with Crippen LogP contribution >= 0.6 is 0 Å². The molecule has 4 rings (SSSR count). The predicted molar refractivity (Wildman–Crippen MR) is 106 cm³/mol. The van der Waals surface area contributed by atoms with E-state index in [1.165, 1.54) is 33.8 Å². The van der Waals surface area contributed by atoms with Crippen molar-refractivity contribution in [2.24, 2.45) is 0 Å². The smallest absolute Gasteiger partial charge is 0.0951 e. The van der Waals surface area contributed by atoms with E-state index in [0.29, 0.717) is 6.04 Å². The van der Waals surface area contributed by atoms with Gasteiger partial charge in [-0.2, -0.15) is 5.10 Å². The van der Waals surface area contributed by atoms with Crippen LogP contribution in [0.1, 0.15) is 29.4 Å². The molecule has 5 nitrogen and oxygen atoms in total. The molecule has 0 N–H and O–H groups in total. The van der Waals surface area contributed by atoms with E-state index in [1.807, 2.05) is 12.5 Å². The van der Waals surface area contributed by atoms with E-state index in [0.717, 1.165) is 25.2 Å². The van der Waals surface area contributed by atoms with E-state index >= 15 is 0 Å². The minimum Gasteiger partial charge on any atom is -0.371 e. The van der Waals surface area contributed by atoms with Gasteiger partial charge in [0.25, 0.3) is 0 Å². The third-order valence-electron chi connectivity index (χ3n) is 5.94. The largest absolute Gasteiger partial charge is 0.371 e. The summed E-state index contributed by atoms with van der Waals surface area (Å²) in [4.78, 5) is 6.76. The predicted octanol–water partition coefficient (Wildman–Crippen LogP) is 3.75. The van der Waals surface area contributed by atoms with E-state index in [1.54, 1.807) is 0 Å². The second-order valence-corrected chi connectivity index (χ2v) is 7.50. The summed E-state index contributed by atoms with van der Waals surface area (Å²) in [6, 6.07) is 7.36. The average Bonchev–Trinajstić information content (AvgIpc) is 3.27. The maximum Gasteiger partial charge on any atom is 0.0951 e. The molecule has 2 aromatic heterocycles. The lowest BCUT2D eigenvalue weighted by Crippen LogP contribution is -2.23. The number of aryl methyl sites for hydroxylation is 3. The monoisotopic (exact) mass is 349 g/mol. The number of likely N-dealkylation sites (N-methyl/N-ethyl adjacent to an activating group) is 1. The van der Waals surface area contributed by atoms with Gasteiger partial charge in [0, 0.05) is 36.6 Å². The zero-order valence-corrected chi connectivity index (χ0v) is 16.3. The Bertz CT molecular complexity index is 949. The normalized spacial score (nSPS) is 16.3. The van der Waals surface area contributed by atoms with Crippen molar-refractivity contribution in [2.75, 3.05) is 11.9 Å². The standard InChI is InChI=1S/C21H27N5/c1-14-10-19-11-18(6-7-20(19)24(14)5)21-12-22-13-25(21)8-9-26-17(4)15(2)16(3)23-26/h6-7,11-14H,8-10H2,1-5H3. The van der Waals surface area contributed by atoms with Crippen molar-refractivity contribution >= 4 is 5.69 Å². The van der Waals surface area contributed by atoms with Crippen LogP contribution in [0, 0.1) is 20.8 Å². The molecule has 1 atom stereocenters. The van der Waals surface area contributed by atoms with Crippen LogP contribution in [0.3, 0.4) is 0 Å². The van der Waals surface area contributed by atoms with Crippen molar-refractivity contribution in [3.8, 4) is 11.3 Å². The van der Waals surface area contributed by atoms with E-state index in [9.17, 15) is 0 Å². The molecule has 136 valence electrons. The minimum absolute atomic E-state index is 0.569. The fourth-order valence-electron chi connectivity index (χ4n) is 3.89. The molecule has 0 fully saturated rings. The van der Waals surface area contributed by atoms with Crippen LogP contribution in [0.5, 0.6) is 0 Å². The Hall–Kier alpha value is -2.56. The molecule has 1 aromatic carbocycles. The van der Waals surface area contributed by atoms with Crippen molar-refractivity contribution in [3.05, 3.63) is 53.2 Å². The Morgan fingerprint density at radius 2 is 1.96 bits per heavy atom. The Kier molecular flexibility index (Phi) is 4.10. The highest BCUT2D eigenvalue weighted by Crippen LogP contribution is 2.34. The fourth-order valence-corrected chi connectivity index (χ4v) is 3.89. The van der Waals surface area contributed by atoms with Gasteiger partial charge in [0.05, 0.1) is 30.5 Å². The molecule has 3 aromatic rings. The quantitative estimate of drug-likeness (QED) is 0.720. The number of benzene rings is 1. The van der Waals surface area contributed by atoms with Crippen molar-refractivity contribution in [1.29, 1.82) is 0 Å². The number of rotatable bonds is 4. The second kappa shape index (κ2) is 6.31. The van der Waals surface area contributed by atoms with Gasteiger partial charge in [-0.3, -0.25) is 4.68 Å². The topological polar surface area (TPSA) is 38.9 Å². The van der Waals surface area contributed by atoms with Gasteiger partial charge in [-0.15, -0.1) is 0 Å². The Labute approximate surface area is 155 Å². The van der Waals surface area contributed by atoms with Crippen LogP contribution in [0.15, 0.2) is 30.7 Å². The molecule has 0 saturated heterocycles. The first kappa shape index (κ1) is 16.9. The number of hydrogen-bond donors (Lipinski definition) is 0. The van der Waals surface area contributed by atoms with E-state index < -0.39 is 0 Å². The lowest BCUT2D eigenvalue weighted by molar-refractivity contribution is 0.523. The van der Waals surface area contributed by atoms with Crippen molar-refractivity contribution in [2.45, 2.75) is 53.2 Å². The molecule has 26 heavy (non-hydrogen) atoms. The highest BCUT2D eigenvalue weighted by Gasteiger charge is 2.23. The minimum atomic E-state index is 0.569. The zero-order chi connectivity index (χ0) is 18.4. The number of aromatic nitrogens is 4. The number of hydrogen-bond acceptors (Lipinski definition) is 3. The maximum atomic E-state index is 4.65. The van der Waals surface area contributed by atoms with Crippen molar-refractivity contribution in [1.82, 2.24) is 19.3 Å². The van der Waals surface area contributed by atoms with Crippen LogP contribution in [-0.4, -0.2) is 32.4 Å². The van der Waals surface area contributed by atoms with Gasteiger partial charge in [-0.05, 0) is 57.4 Å². The number of nitrogens with zero attached hydrogens (tertiary/aromatic N) is 5. The average molecular weight is 349 g/mol. The van der Waals surface area contributed by atoms with E-state index in [-0.39, 0.29) is 0 Å². The molecule has 0 saturated carbocycles. The first-order valence-corrected chi connectivity index (χ1v) is 9.32. The number of imidazole rings is 1. The summed E-state index contributed by atoms with van der Waals surface area (Å²) in [5, 5.41) is 4.65. The van der Waals surface area contributed by atoms with Gasteiger partial charge in [-0.25, -0.2) is 4.98 Å². The molecule has 1 aliphatic heterocycles. The van der Waals surface area contributed by atoms with Gasteiger partial charge >= 0.3 is 0 Å². The Balaban J connectivity index is 1.58. The second-order valence-electron chi connectivity index (χ2n) is 7.50. The molecule has 0 aliphatic carbocycles. The maximum absolute atomic E-state index is 4.65. The summed E-state index contributed by atoms with van der Waals surface area (Å²) in [6.07, 6.45) is 5.00. The summed E-state index contributed by atoms with van der Waals surface area (Å²) < 4.78 is 4.34. The lowest BCUT2D eigenvalue weighted by atomic mass is 10.1. The molecular formula is C21H27N5. The van der Waals surface area contributed by atoms with Gasteiger partial charge < -0.3 is 9.47 Å². The zero-order valence-electron chi connectivity index (χ0n) is 16.3. The third-order valence-corrected chi connectivity index (χ3v) is 5.94. The molecule has 1 unspecified atom stereocenters. The third kappa shape index (κ3) is 2.71. The summed E-state index contributed by atoms with van der Waals surface area (Å²) in [6.45, 7) is 10.4. The molecule has 0 amide bonds. The molecular weight excluding hydrogens is 322 g/mol.